The fourth-order valence-corrected chi connectivity index (χ4v) is 2.29. The Hall–Kier alpha value is -2.02. The average molecular weight is 277 g/mol. The number of anilines is 2. The monoisotopic (exact) mass is 277 g/mol. The smallest absolute Gasteiger partial charge is 0.225 e. The van der Waals surface area contributed by atoms with Crippen LogP contribution < -0.4 is 11.1 Å². The highest BCUT2D eigenvalue weighted by Gasteiger charge is 2.06. The number of aryl methyl sites for hydroxylation is 1. The summed E-state index contributed by atoms with van der Waals surface area (Å²) in [6.45, 7) is 0. The third-order valence-electron chi connectivity index (χ3n) is 2.47. The van der Waals surface area contributed by atoms with E-state index in [2.05, 4.69) is 15.5 Å². The number of rotatable bonds is 5. The number of nitrogens with two attached hydrogens (primary N) is 1. The third kappa shape index (κ3) is 3.72. The SMILES string of the molecule is Cn1cnnc1SCCC(=O)Nc1ccccc1N. The van der Waals surface area contributed by atoms with Crippen LogP contribution in [0.4, 0.5) is 11.4 Å². The number of carbonyl (C=O) groups is 1. The molecule has 1 heterocycles. The van der Waals surface area contributed by atoms with Crippen molar-refractivity contribution in [2.45, 2.75) is 11.6 Å². The Bertz CT molecular complexity index is 569. The number of nitrogen functional groups attached to an aromatic ring is 1. The Morgan fingerprint density at radius 2 is 2.26 bits per heavy atom. The summed E-state index contributed by atoms with van der Waals surface area (Å²) in [5.74, 6) is 0.582. The van der Waals surface area contributed by atoms with Crippen LogP contribution in [0.3, 0.4) is 0 Å². The first-order chi connectivity index (χ1) is 9.16. The fourth-order valence-electron chi connectivity index (χ4n) is 1.46. The minimum atomic E-state index is -0.0624. The lowest BCUT2D eigenvalue weighted by atomic mass is 10.2. The van der Waals surface area contributed by atoms with Crippen LogP contribution in [0.1, 0.15) is 6.42 Å². The summed E-state index contributed by atoms with van der Waals surface area (Å²) in [6, 6.07) is 7.20. The molecule has 2 rings (SSSR count). The highest BCUT2D eigenvalue weighted by atomic mass is 32.2. The molecule has 1 amide bonds. The summed E-state index contributed by atoms with van der Waals surface area (Å²) in [6.07, 6.45) is 2.03. The molecular weight excluding hydrogens is 262 g/mol. The molecule has 0 saturated heterocycles. The van der Waals surface area contributed by atoms with Gasteiger partial charge in [-0.15, -0.1) is 10.2 Å². The molecule has 7 heteroatoms. The zero-order chi connectivity index (χ0) is 13.7. The number of hydrogen-bond acceptors (Lipinski definition) is 5. The topological polar surface area (TPSA) is 85.8 Å². The number of para-hydroxylation sites is 2. The van der Waals surface area contributed by atoms with Gasteiger partial charge in [-0.05, 0) is 12.1 Å². The van der Waals surface area contributed by atoms with Crippen molar-refractivity contribution >= 4 is 29.0 Å². The molecule has 0 saturated carbocycles. The molecule has 6 nitrogen and oxygen atoms in total. The van der Waals surface area contributed by atoms with Gasteiger partial charge in [-0.3, -0.25) is 4.79 Å². The van der Waals surface area contributed by atoms with Gasteiger partial charge in [0, 0.05) is 19.2 Å². The summed E-state index contributed by atoms with van der Waals surface area (Å²) >= 11 is 1.49. The summed E-state index contributed by atoms with van der Waals surface area (Å²) in [5.41, 5.74) is 6.97. The van der Waals surface area contributed by atoms with Gasteiger partial charge in [0.1, 0.15) is 6.33 Å². The van der Waals surface area contributed by atoms with Crippen LogP contribution in [0.15, 0.2) is 35.7 Å². The van der Waals surface area contributed by atoms with Gasteiger partial charge < -0.3 is 15.6 Å². The van der Waals surface area contributed by atoms with Crippen molar-refractivity contribution in [3.05, 3.63) is 30.6 Å². The Kier molecular flexibility index (Phi) is 4.40. The molecule has 0 unspecified atom stereocenters. The zero-order valence-electron chi connectivity index (χ0n) is 10.5. The molecule has 0 fully saturated rings. The van der Waals surface area contributed by atoms with E-state index in [4.69, 9.17) is 5.73 Å². The predicted molar refractivity (Wildman–Crippen MR) is 75.8 cm³/mol. The highest BCUT2D eigenvalue weighted by molar-refractivity contribution is 7.99. The number of benzene rings is 1. The second-order valence-corrected chi connectivity index (χ2v) is 5.02. The van der Waals surface area contributed by atoms with Crippen LogP contribution in [0, 0.1) is 0 Å². The van der Waals surface area contributed by atoms with E-state index in [1.165, 1.54) is 11.8 Å². The van der Waals surface area contributed by atoms with Crippen molar-refractivity contribution in [2.75, 3.05) is 16.8 Å². The quantitative estimate of drug-likeness (QED) is 0.639. The summed E-state index contributed by atoms with van der Waals surface area (Å²) < 4.78 is 1.82. The number of nitrogens with zero attached hydrogens (tertiary/aromatic N) is 3. The molecule has 2 aromatic rings. The van der Waals surface area contributed by atoms with Gasteiger partial charge >= 0.3 is 0 Å². The van der Waals surface area contributed by atoms with E-state index in [-0.39, 0.29) is 5.91 Å². The van der Waals surface area contributed by atoms with Crippen molar-refractivity contribution in [2.24, 2.45) is 7.05 Å². The Labute approximate surface area is 115 Å². The van der Waals surface area contributed by atoms with Crippen LogP contribution in [0.2, 0.25) is 0 Å². The number of thioether (sulfide) groups is 1. The molecule has 0 aliphatic heterocycles. The van der Waals surface area contributed by atoms with Crippen molar-refractivity contribution in [3.8, 4) is 0 Å². The van der Waals surface area contributed by atoms with Crippen LogP contribution in [0.5, 0.6) is 0 Å². The van der Waals surface area contributed by atoms with Crippen molar-refractivity contribution in [3.63, 3.8) is 0 Å². The third-order valence-corrected chi connectivity index (χ3v) is 3.50. The molecule has 1 aromatic heterocycles. The van der Waals surface area contributed by atoms with Gasteiger partial charge in [-0.1, -0.05) is 23.9 Å². The number of carbonyl (C=O) groups excluding carboxylic acids is 1. The van der Waals surface area contributed by atoms with E-state index in [0.29, 0.717) is 23.5 Å². The van der Waals surface area contributed by atoms with Crippen molar-refractivity contribution in [1.82, 2.24) is 14.8 Å². The van der Waals surface area contributed by atoms with Gasteiger partial charge in [0.25, 0.3) is 0 Å². The minimum Gasteiger partial charge on any atom is -0.397 e. The lowest BCUT2D eigenvalue weighted by molar-refractivity contribution is -0.115. The highest BCUT2D eigenvalue weighted by Crippen LogP contribution is 2.18. The maximum absolute atomic E-state index is 11.8. The minimum absolute atomic E-state index is 0.0624. The van der Waals surface area contributed by atoms with E-state index in [1.54, 1.807) is 18.5 Å². The predicted octanol–water partition coefficient (Wildman–Crippen LogP) is 1.52. The largest absolute Gasteiger partial charge is 0.397 e. The number of nitrogens with one attached hydrogen (secondary N) is 1. The number of amides is 1. The second-order valence-electron chi connectivity index (χ2n) is 3.96. The van der Waals surface area contributed by atoms with E-state index in [1.807, 2.05) is 23.7 Å². The molecule has 0 aliphatic carbocycles. The molecule has 100 valence electrons. The van der Waals surface area contributed by atoms with Gasteiger partial charge in [-0.25, -0.2) is 0 Å². The lowest BCUT2D eigenvalue weighted by Crippen LogP contribution is -2.13. The Balaban J connectivity index is 1.79. The molecule has 0 atom stereocenters. The maximum Gasteiger partial charge on any atom is 0.225 e. The van der Waals surface area contributed by atoms with E-state index in [0.717, 1.165) is 5.16 Å². The summed E-state index contributed by atoms with van der Waals surface area (Å²) in [7, 11) is 1.87. The molecule has 19 heavy (non-hydrogen) atoms. The first-order valence-electron chi connectivity index (χ1n) is 5.78. The number of hydrogen-bond donors (Lipinski definition) is 2. The van der Waals surface area contributed by atoms with Crippen LogP contribution >= 0.6 is 11.8 Å². The Morgan fingerprint density at radius 3 is 2.95 bits per heavy atom. The molecule has 3 N–H and O–H groups in total. The number of aromatic nitrogens is 3. The normalized spacial score (nSPS) is 10.4. The molecule has 0 aliphatic rings. The van der Waals surface area contributed by atoms with Gasteiger partial charge in [-0.2, -0.15) is 0 Å². The van der Waals surface area contributed by atoms with Gasteiger partial charge in [0.05, 0.1) is 11.4 Å². The summed E-state index contributed by atoms with van der Waals surface area (Å²) in [4.78, 5) is 11.8. The van der Waals surface area contributed by atoms with E-state index < -0.39 is 0 Å². The Morgan fingerprint density at radius 1 is 1.47 bits per heavy atom. The molecule has 0 bridgehead atoms. The van der Waals surface area contributed by atoms with Crippen molar-refractivity contribution < 1.29 is 4.79 Å². The maximum atomic E-state index is 11.8. The summed E-state index contributed by atoms with van der Waals surface area (Å²) in [5, 5.41) is 11.3. The van der Waals surface area contributed by atoms with Crippen molar-refractivity contribution in [1.29, 1.82) is 0 Å². The van der Waals surface area contributed by atoms with E-state index >= 15 is 0 Å². The second kappa shape index (κ2) is 6.24. The van der Waals surface area contributed by atoms with Gasteiger partial charge in [0.2, 0.25) is 5.91 Å². The average Bonchev–Trinajstić information content (AvgIpc) is 2.78. The molecule has 1 aromatic carbocycles. The fraction of sp³-hybridized carbons (Fsp3) is 0.250. The standard InChI is InChI=1S/C12H15N5OS/c1-17-8-14-16-12(17)19-7-6-11(18)15-10-5-3-2-4-9(10)13/h2-5,8H,6-7,13H2,1H3,(H,15,18). The van der Waals surface area contributed by atoms with Crippen LogP contribution in [0.25, 0.3) is 0 Å². The van der Waals surface area contributed by atoms with Crippen LogP contribution in [-0.4, -0.2) is 26.4 Å². The van der Waals surface area contributed by atoms with Gasteiger partial charge in [0.15, 0.2) is 5.16 Å². The first kappa shape index (κ1) is 13.4. The molecule has 0 spiro atoms. The lowest BCUT2D eigenvalue weighted by Gasteiger charge is -2.07. The van der Waals surface area contributed by atoms with Crippen LogP contribution in [-0.2, 0) is 11.8 Å². The zero-order valence-corrected chi connectivity index (χ0v) is 11.4. The molecular formula is C12H15N5OS. The first-order valence-corrected chi connectivity index (χ1v) is 6.76. The van der Waals surface area contributed by atoms with E-state index in [9.17, 15) is 4.79 Å². The molecule has 0 radical (unpaired) electrons.